The first-order valence-electron chi connectivity index (χ1n) is 12.0. The summed E-state index contributed by atoms with van der Waals surface area (Å²) in [6.07, 6.45) is -0.745. The van der Waals surface area contributed by atoms with Gasteiger partial charge in [-0.25, -0.2) is 15.0 Å². The van der Waals surface area contributed by atoms with Crippen LogP contribution in [0.5, 0.6) is 0 Å². The van der Waals surface area contributed by atoms with Gasteiger partial charge in [-0.2, -0.15) is 13.2 Å². The molecule has 4 rings (SSSR count). The zero-order chi connectivity index (χ0) is 27.2. The summed E-state index contributed by atoms with van der Waals surface area (Å²) in [5, 5.41) is 25.0. The smallest absolute Gasteiger partial charge is 0.433 e. The van der Waals surface area contributed by atoms with Gasteiger partial charge in [-0.05, 0) is 67.3 Å². The number of halogens is 3. The van der Waals surface area contributed by atoms with Crippen LogP contribution in [0.15, 0.2) is 36.7 Å². The van der Waals surface area contributed by atoms with Crippen molar-refractivity contribution < 1.29 is 28.2 Å². The van der Waals surface area contributed by atoms with E-state index < -0.39 is 28.9 Å². The normalized spacial score (nSPS) is 26.2. The fourth-order valence-corrected chi connectivity index (χ4v) is 6.45. The third-order valence-corrected chi connectivity index (χ3v) is 8.76. The lowest BCUT2D eigenvalue weighted by atomic mass is 9.57. The zero-order valence-corrected chi connectivity index (χ0v) is 21.7. The molecule has 0 bridgehead atoms. The van der Waals surface area contributed by atoms with Crippen LogP contribution in [-0.4, -0.2) is 31.1 Å². The number of aliphatic carboxylic acids is 1. The number of aryl methyl sites for hydroxylation is 1. The number of aromatic nitrogens is 3. The third-order valence-electron chi connectivity index (χ3n) is 7.54. The van der Waals surface area contributed by atoms with Gasteiger partial charge in [0.25, 0.3) is 0 Å². The summed E-state index contributed by atoms with van der Waals surface area (Å²) < 4.78 is 39.1. The number of benzene rings is 1. The summed E-state index contributed by atoms with van der Waals surface area (Å²) in [6, 6.07) is 6.25. The Morgan fingerprint density at radius 1 is 1.19 bits per heavy atom. The van der Waals surface area contributed by atoms with Gasteiger partial charge in [0.05, 0.1) is 10.3 Å². The number of anilines is 2. The third kappa shape index (κ3) is 5.06. The highest BCUT2D eigenvalue weighted by Gasteiger charge is 2.55. The van der Waals surface area contributed by atoms with Crippen LogP contribution in [0.1, 0.15) is 56.3 Å². The molecule has 0 radical (unpaired) electrons. The van der Waals surface area contributed by atoms with Crippen LogP contribution >= 0.6 is 11.3 Å². The maximum absolute atomic E-state index is 13.0. The van der Waals surface area contributed by atoms with Crippen molar-refractivity contribution in [2.24, 2.45) is 17.3 Å². The molecule has 4 unspecified atom stereocenters. The van der Waals surface area contributed by atoms with Crippen molar-refractivity contribution in [3.8, 4) is 10.4 Å². The molecule has 7 nitrogen and oxygen atoms in total. The number of carboxylic acid groups (broad SMARTS) is 1. The zero-order valence-electron chi connectivity index (χ0n) is 20.9. The van der Waals surface area contributed by atoms with E-state index in [2.05, 4.69) is 20.3 Å². The molecule has 11 heteroatoms. The number of aliphatic hydroxyl groups is 1. The van der Waals surface area contributed by atoms with E-state index >= 15 is 0 Å². The van der Waals surface area contributed by atoms with Crippen molar-refractivity contribution in [1.82, 2.24) is 15.0 Å². The van der Waals surface area contributed by atoms with Crippen LogP contribution in [0.4, 0.5) is 24.8 Å². The number of hydrogen-bond acceptors (Lipinski definition) is 7. The predicted molar refractivity (Wildman–Crippen MR) is 134 cm³/mol. The molecule has 3 aromatic rings. The van der Waals surface area contributed by atoms with Gasteiger partial charge in [-0.15, -0.1) is 11.3 Å². The quantitative estimate of drug-likeness (QED) is 0.336. The number of nitrogens with one attached hydrogen (secondary N) is 1. The van der Waals surface area contributed by atoms with Gasteiger partial charge in [-0.1, -0.05) is 26.8 Å². The summed E-state index contributed by atoms with van der Waals surface area (Å²) in [5.41, 5.74) is -1.04. The van der Waals surface area contributed by atoms with Gasteiger partial charge >= 0.3 is 12.1 Å². The minimum atomic E-state index is -4.58. The van der Waals surface area contributed by atoms with Gasteiger partial charge in [-0.3, -0.25) is 4.79 Å². The van der Waals surface area contributed by atoms with E-state index in [1.165, 1.54) is 11.3 Å². The largest absolute Gasteiger partial charge is 0.481 e. The van der Waals surface area contributed by atoms with Gasteiger partial charge in [0, 0.05) is 18.1 Å². The molecular weight excluding hydrogens is 505 g/mol. The molecule has 3 N–H and O–H groups in total. The van der Waals surface area contributed by atoms with E-state index in [1.54, 1.807) is 18.3 Å². The molecule has 2 aromatic heterocycles. The number of thiazole rings is 1. The molecule has 2 heterocycles. The van der Waals surface area contributed by atoms with E-state index in [1.807, 2.05) is 33.8 Å². The Morgan fingerprint density at radius 2 is 1.92 bits per heavy atom. The van der Waals surface area contributed by atoms with Crippen LogP contribution < -0.4 is 5.32 Å². The van der Waals surface area contributed by atoms with Crippen molar-refractivity contribution in [2.45, 2.75) is 58.7 Å². The Kier molecular flexibility index (Phi) is 7.06. The Labute approximate surface area is 216 Å². The van der Waals surface area contributed by atoms with E-state index in [0.29, 0.717) is 23.5 Å². The second-order valence-corrected chi connectivity index (χ2v) is 11.0. The number of hydrogen-bond donors (Lipinski definition) is 3. The minimum absolute atomic E-state index is 0.173. The van der Waals surface area contributed by atoms with Gasteiger partial charge in [0.2, 0.25) is 5.95 Å². The minimum Gasteiger partial charge on any atom is -0.481 e. The van der Waals surface area contributed by atoms with E-state index in [-0.39, 0.29) is 24.2 Å². The molecule has 0 aliphatic heterocycles. The summed E-state index contributed by atoms with van der Waals surface area (Å²) in [6.45, 7) is 7.47. The lowest BCUT2D eigenvalue weighted by Crippen LogP contribution is -2.51. The second-order valence-electron chi connectivity index (χ2n) is 9.96. The van der Waals surface area contributed by atoms with E-state index in [4.69, 9.17) is 0 Å². The predicted octanol–water partition coefficient (Wildman–Crippen LogP) is 6.41. The molecule has 1 saturated carbocycles. The molecule has 37 heavy (non-hydrogen) atoms. The van der Waals surface area contributed by atoms with Crippen LogP contribution in [0.3, 0.4) is 0 Å². The fraction of sp³-hybridized carbons (Fsp3) is 0.462. The summed E-state index contributed by atoms with van der Waals surface area (Å²) >= 11 is 1.33. The average Bonchev–Trinajstić information content (AvgIpc) is 3.32. The standard InChI is InChI=1S/C26H29F3N4O3S/c1-5-24(22(34)35)11-16(4)25(36,12-15(24)3)21-31-13-19(37-21)17-8-14(2)9-18(10-17)32-23-30-7-6-20(33-23)26(27,28)29/h6-10,13,15-16,36H,5,11-12H2,1-4H3,(H,34,35)(H,30,32,33). The maximum atomic E-state index is 13.0. The van der Waals surface area contributed by atoms with Gasteiger partial charge < -0.3 is 15.5 Å². The van der Waals surface area contributed by atoms with Crippen LogP contribution in [0, 0.1) is 24.2 Å². The topological polar surface area (TPSA) is 108 Å². The highest BCUT2D eigenvalue weighted by atomic mass is 32.1. The molecule has 1 aliphatic rings. The monoisotopic (exact) mass is 534 g/mol. The van der Waals surface area contributed by atoms with E-state index in [9.17, 15) is 28.2 Å². The Morgan fingerprint density at radius 3 is 2.57 bits per heavy atom. The second kappa shape index (κ2) is 9.68. The van der Waals surface area contributed by atoms with Crippen molar-refractivity contribution in [3.05, 3.63) is 52.9 Å². The SMILES string of the molecule is CCC1(C(=O)O)CC(C)C(O)(c2ncc(-c3cc(C)cc(Nc4nccc(C(F)(F)F)n4)c3)s2)CC1C. The van der Waals surface area contributed by atoms with Gasteiger partial charge in [0.1, 0.15) is 16.3 Å². The molecule has 4 atom stereocenters. The van der Waals surface area contributed by atoms with Crippen LogP contribution in [-0.2, 0) is 16.6 Å². The van der Waals surface area contributed by atoms with Crippen molar-refractivity contribution in [1.29, 1.82) is 0 Å². The number of carboxylic acids is 1. The van der Waals surface area contributed by atoms with Crippen LogP contribution in [0.2, 0.25) is 0 Å². The Balaban J connectivity index is 1.61. The number of carbonyl (C=O) groups is 1. The molecule has 198 valence electrons. The number of alkyl halides is 3. The molecule has 1 aliphatic carbocycles. The van der Waals surface area contributed by atoms with Crippen LogP contribution in [0.25, 0.3) is 10.4 Å². The lowest BCUT2D eigenvalue weighted by Gasteiger charge is -2.48. The Bertz CT molecular complexity index is 1310. The highest BCUT2D eigenvalue weighted by molar-refractivity contribution is 7.15. The molecule has 1 fully saturated rings. The first-order valence-corrected chi connectivity index (χ1v) is 12.8. The van der Waals surface area contributed by atoms with Crippen molar-refractivity contribution >= 4 is 28.9 Å². The average molecular weight is 535 g/mol. The number of nitrogens with zero attached hydrogens (tertiary/aromatic N) is 3. The number of rotatable bonds is 6. The molecule has 0 amide bonds. The Hall–Kier alpha value is -3.05. The lowest BCUT2D eigenvalue weighted by molar-refractivity contribution is -0.169. The van der Waals surface area contributed by atoms with Gasteiger partial charge in [0.15, 0.2) is 0 Å². The summed E-state index contributed by atoms with van der Waals surface area (Å²) in [7, 11) is 0. The van der Waals surface area contributed by atoms with E-state index in [0.717, 1.165) is 28.3 Å². The maximum Gasteiger partial charge on any atom is 0.433 e. The summed E-state index contributed by atoms with van der Waals surface area (Å²) in [5.74, 6) is -1.56. The molecule has 0 spiro atoms. The fourth-order valence-electron chi connectivity index (χ4n) is 5.33. The summed E-state index contributed by atoms with van der Waals surface area (Å²) in [4.78, 5) is 24.8. The highest BCUT2D eigenvalue weighted by Crippen LogP contribution is 2.54. The molecule has 1 aromatic carbocycles. The first kappa shape index (κ1) is 27.0. The van der Waals surface area contributed by atoms with Crippen molar-refractivity contribution in [2.75, 3.05) is 5.32 Å². The molecule has 0 saturated heterocycles. The molecular formula is C26H29F3N4O3S. The van der Waals surface area contributed by atoms with Crippen molar-refractivity contribution in [3.63, 3.8) is 0 Å². The first-order chi connectivity index (χ1) is 17.3.